The summed E-state index contributed by atoms with van der Waals surface area (Å²) in [4.78, 5) is 10.9. The van der Waals surface area contributed by atoms with Crippen molar-refractivity contribution in [2.75, 3.05) is 0 Å². The molecule has 0 aromatic rings. The molecule has 0 aliphatic heterocycles. The molecule has 60 valence electrons. The maximum atomic E-state index is 10.9. The third-order valence-electron chi connectivity index (χ3n) is 1.56. The molecule has 0 fully saturated rings. The Hall–Kier alpha value is -0.610. The lowest BCUT2D eigenvalue weighted by molar-refractivity contribution is -0.171. The van der Waals surface area contributed by atoms with Crippen molar-refractivity contribution < 1.29 is 10.0 Å². The van der Waals surface area contributed by atoms with Gasteiger partial charge in [0.2, 0.25) is 0 Å². The van der Waals surface area contributed by atoms with Crippen LogP contribution in [-0.2, 0) is 4.79 Å². The number of hydroxylamine groups is 1. The lowest BCUT2D eigenvalue weighted by Gasteiger charge is -2.14. The molecule has 0 aromatic heterocycles. The molecule has 0 unspecified atom stereocenters. The fourth-order valence-electron chi connectivity index (χ4n) is 0.825. The molecule has 0 spiro atoms. The number of hydrogen-bond donors (Lipinski definition) is 2. The number of hydrogen-bond acceptors (Lipinski definition) is 3. The number of rotatable bonds is 3. The first-order valence-electron chi connectivity index (χ1n) is 3.41. The first-order chi connectivity index (χ1) is 4.63. The Morgan fingerprint density at radius 2 is 2.00 bits per heavy atom. The molecule has 0 aliphatic carbocycles. The van der Waals surface area contributed by atoms with Crippen LogP contribution in [0.1, 0.15) is 26.7 Å². The van der Waals surface area contributed by atoms with Crippen LogP contribution in [0.2, 0.25) is 0 Å². The molecular weight excluding hydrogens is 132 g/mol. The Labute approximate surface area is 60.5 Å². The molecule has 0 rings (SSSR count). The van der Waals surface area contributed by atoms with Crippen LogP contribution in [0.4, 0.5) is 0 Å². The van der Waals surface area contributed by atoms with Crippen molar-refractivity contribution in [3.05, 3.63) is 0 Å². The third kappa shape index (κ3) is 2.33. The summed E-state index contributed by atoms with van der Waals surface area (Å²) in [6, 6.07) is 0. The van der Waals surface area contributed by atoms with Crippen LogP contribution < -0.4 is 5.84 Å². The van der Waals surface area contributed by atoms with Crippen LogP contribution in [0.5, 0.6) is 0 Å². The van der Waals surface area contributed by atoms with Crippen molar-refractivity contribution in [2.45, 2.75) is 26.7 Å². The van der Waals surface area contributed by atoms with Crippen LogP contribution in [0.25, 0.3) is 0 Å². The fraction of sp³-hybridized carbons (Fsp3) is 0.833. The maximum absolute atomic E-state index is 10.9. The summed E-state index contributed by atoms with van der Waals surface area (Å²) in [6.07, 6.45) is 1.42. The maximum Gasteiger partial charge on any atom is 0.263 e. The smallest absolute Gasteiger partial charge is 0.263 e. The fourth-order valence-corrected chi connectivity index (χ4v) is 0.825. The van der Waals surface area contributed by atoms with Crippen LogP contribution in [0, 0.1) is 5.92 Å². The number of carbonyl (C=O) groups excluding carboxylic acids is 1. The number of nitrogens with two attached hydrogens (primary N) is 1. The van der Waals surface area contributed by atoms with Gasteiger partial charge in [-0.25, -0.2) is 5.84 Å². The molecule has 1 amide bonds. The van der Waals surface area contributed by atoms with Crippen molar-refractivity contribution in [3.8, 4) is 0 Å². The summed E-state index contributed by atoms with van der Waals surface area (Å²) in [5.74, 6) is 4.27. The van der Waals surface area contributed by atoms with Crippen LogP contribution in [0.15, 0.2) is 0 Å². The summed E-state index contributed by atoms with van der Waals surface area (Å²) < 4.78 is 0. The lowest BCUT2D eigenvalue weighted by atomic mass is 10.0. The Morgan fingerprint density at radius 1 is 1.60 bits per heavy atom. The molecule has 0 saturated carbocycles. The topological polar surface area (TPSA) is 66.6 Å². The first kappa shape index (κ1) is 9.39. The normalized spacial score (nSPS) is 10.1. The van der Waals surface area contributed by atoms with E-state index in [4.69, 9.17) is 11.0 Å². The Balaban J connectivity index is 3.89. The van der Waals surface area contributed by atoms with E-state index in [0.29, 0.717) is 12.8 Å². The molecular formula is C6H14N2O2. The van der Waals surface area contributed by atoms with Gasteiger partial charge in [-0.3, -0.25) is 10.0 Å². The molecule has 0 bridgehead atoms. The summed E-state index contributed by atoms with van der Waals surface area (Å²) in [7, 11) is 0. The molecule has 10 heavy (non-hydrogen) atoms. The molecule has 0 heterocycles. The van der Waals surface area contributed by atoms with Crippen molar-refractivity contribution in [3.63, 3.8) is 0 Å². The monoisotopic (exact) mass is 146 g/mol. The van der Waals surface area contributed by atoms with E-state index in [0.717, 1.165) is 0 Å². The molecule has 0 aliphatic rings. The second-order valence-corrected chi connectivity index (χ2v) is 2.20. The van der Waals surface area contributed by atoms with Crippen LogP contribution >= 0.6 is 0 Å². The first-order valence-corrected chi connectivity index (χ1v) is 3.41. The molecule has 0 saturated heterocycles. The second-order valence-electron chi connectivity index (χ2n) is 2.20. The molecule has 0 radical (unpaired) electrons. The van der Waals surface area contributed by atoms with Gasteiger partial charge in [-0.1, -0.05) is 13.8 Å². The quantitative estimate of drug-likeness (QED) is 0.264. The molecule has 0 aromatic carbocycles. The predicted octanol–water partition coefficient (Wildman–Crippen LogP) is 0.514. The van der Waals surface area contributed by atoms with Crippen molar-refractivity contribution >= 4 is 5.91 Å². The standard InChI is InChI=1S/C6H14N2O2/c1-3-5(4-2)6(9)8(7)10/h5,10H,3-4,7H2,1-2H3. The van der Waals surface area contributed by atoms with E-state index in [2.05, 4.69) is 0 Å². The molecule has 0 atom stereocenters. The number of nitrogens with zero attached hydrogens (tertiary/aromatic N) is 1. The van der Waals surface area contributed by atoms with E-state index in [1.165, 1.54) is 0 Å². The van der Waals surface area contributed by atoms with Gasteiger partial charge < -0.3 is 0 Å². The van der Waals surface area contributed by atoms with E-state index in [1.807, 2.05) is 13.8 Å². The van der Waals surface area contributed by atoms with Gasteiger partial charge in [0.25, 0.3) is 5.91 Å². The van der Waals surface area contributed by atoms with Gasteiger partial charge in [-0.15, -0.1) is 0 Å². The minimum absolute atomic E-state index is 0.144. The zero-order chi connectivity index (χ0) is 8.15. The van der Waals surface area contributed by atoms with Gasteiger partial charge in [-0.2, -0.15) is 5.17 Å². The Morgan fingerprint density at radius 3 is 2.10 bits per heavy atom. The average molecular weight is 146 g/mol. The number of carbonyl (C=O) groups is 1. The van der Waals surface area contributed by atoms with Crippen molar-refractivity contribution in [2.24, 2.45) is 11.8 Å². The van der Waals surface area contributed by atoms with E-state index in [9.17, 15) is 4.79 Å². The van der Waals surface area contributed by atoms with Crippen molar-refractivity contribution in [1.29, 1.82) is 0 Å². The van der Waals surface area contributed by atoms with E-state index < -0.39 is 5.91 Å². The van der Waals surface area contributed by atoms with Crippen LogP contribution in [0.3, 0.4) is 0 Å². The Bertz CT molecular complexity index is 110. The number of amides is 1. The summed E-state index contributed by atoms with van der Waals surface area (Å²) >= 11 is 0. The third-order valence-corrected chi connectivity index (χ3v) is 1.56. The van der Waals surface area contributed by atoms with Gasteiger partial charge in [0.15, 0.2) is 0 Å². The van der Waals surface area contributed by atoms with Crippen molar-refractivity contribution in [1.82, 2.24) is 5.17 Å². The minimum Gasteiger partial charge on any atom is -0.271 e. The van der Waals surface area contributed by atoms with Gasteiger partial charge in [0.05, 0.1) is 0 Å². The van der Waals surface area contributed by atoms with Gasteiger partial charge in [-0.05, 0) is 12.8 Å². The van der Waals surface area contributed by atoms with Gasteiger partial charge in [0, 0.05) is 5.92 Å². The van der Waals surface area contributed by atoms with E-state index in [-0.39, 0.29) is 11.1 Å². The SMILES string of the molecule is CCC(CC)C(=O)N(N)O. The van der Waals surface area contributed by atoms with Crippen LogP contribution in [-0.4, -0.2) is 16.3 Å². The highest BCUT2D eigenvalue weighted by Gasteiger charge is 2.17. The largest absolute Gasteiger partial charge is 0.271 e. The second kappa shape index (κ2) is 4.24. The zero-order valence-corrected chi connectivity index (χ0v) is 6.37. The lowest BCUT2D eigenvalue weighted by Crippen LogP contribution is -2.38. The summed E-state index contributed by atoms with van der Waals surface area (Å²) in [5, 5.41) is 8.68. The highest BCUT2D eigenvalue weighted by molar-refractivity contribution is 5.76. The molecule has 4 heteroatoms. The average Bonchev–Trinajstić information content (AvgIpc) is 1.90. The van der Waals surface area contributed by atoms with Gasteiger partial charge in [0.1, 0.15) is 0 Å². The predicted molar refractivity (Wildman–Crippen MR) is 36.9 cm³/mol. The molecule has 4 nitrogen and oxygen atoms in total. The van der Waals surface area contributed by atoms with E-state index >= 15 is 0 Å². The summed E-state index contributed by atoms with van der Waals surface area (Å²) in [6.45, 7) is 3.77. The Kier molecular flexibility index (Phi) is 3.99. The highest BCUT2D eigenvalue weighted by atomic mass is 16.5. The van der Waals surface area contributed by atoms with Gasteiger partial charge >= 0.3 is 0 Å². The summed E-state index contributed by atoms with van der Waals surface area (Å²) in [5.41, 5.74) is 0. The number of hydrazine groups is 1. The van der Waals surface area contributed by atoms with E-state index in [1.54, 1.807) is 0 Å². The molecule has 3 N–H and O–H groups in total. The highest BCUT2D eigenvalue weighted by Crippen LogP contribution is 2.08. The minimum atomic E-state index is -0.412. The zero-order valence-electron chi connectivity index (χ0n) is 6.37.